The van der Waals surface area contributed by atoms with E-state index in [9.17, 15) is 4.79 Å². The van der Waals surface area contributed by atoms with Crippen LogP contribution in [0.1, 0.15) is 16.0 Å². The van der Waals surface area contributed by atoms with E-state index in [2.05, 4.69) is 11.4 Å². The molecule has 2 aromatic rings. The summed E-state index contributed by atoms with van der Waals surface area (Å²) in [5, 5.41) is 12.1. The maximum atomic E-state index is 10.6. The summed E-state index contributed by atoms with van der Waals surface area (Å²) in [5.74, 6) is -0.800. The molecule has 3 nitrogen and oxygen atoms in total. The fraction of sp³-hybridized carbons (Fsp3) is 0.267. The van der Waals surface area contributed by atoms with Gasteiger partial charge in [0, 0.05) is 18.0 Å². The fourth-order valence-electron chi connectivity index (χ4n) is 1.88. The molecule has 1 aromatic heterocycles. The number of carboxylic acids is 1. The number of hydrogen-bond donors (Lipinski definition) is 2. The Morgan fingerprint density at radius 1 is 1.15 bits per heavy atom. The van der Waals surface area contributed by atoms with Crippen LogP contribution in [0.25, 0.3) is 0 Å². The maximum absolute atomic E-state index is 10.6. The summed E-state index contributed by atoms with van der Waals surface area (Å²) in [6.45, 7) is 1.68. The van der Waals surface area contributed by atoms with Gasteiger partial charge in [0.25, 0.3) is 0 Å². The van der Waals surface area contributed by atoms with E-state index in [1.807, 2.05) is 30.3 Å². The van der Waals surface area contributed by atoms with E-state index in [1.54, 1.807) is 11.3 Å². The predicted octanol–water partition coefficient (Wildman–Crippen LogP) is 3.36. The highest BCUT2D eigenvalue weighted by molar-refractivity contribution is 7.16. The highest BCUT2D eigenvalue weighted by Gasteiger charge is 2.01. The van der Waals surface area contributed by atoms with Crippen molar-refractivity contribution < 1.29 is 9.90 Å². The summed E-state index contributed by atoms with van der Waals surface area (Å²) in [4.78, 5) is 11.9. The minimum Gasteiger partial charge on any atom is -0.481 e. The molecule has 0 bridgehead atoms. The number of aliphatic carboxylic acids is 1. The first-order chi connectivity index (χ1) is 9.63. The van der Waals surface area contributed by atoms with Crippen LogP contribution in [-0.2, 0) is 24.2 Å². The lowest BCUT2D eigenvalue weighted by Crippen LogP contribution is -2.16. The molecular formula is C15H16ClNO2S. The van der Waals surface area contributed by atoms with Gasteiger partial charge in [0.2, 0.25) is 0 Å². The van der Waals surface area contributed by atoms with Crippen LogP contribution in [0.3, 0.4) is 0 Å². The van der Waals surface area contributed by atoms with Gasteiger partial charge in [0.15, 0.2) is 0 Å². The smallest absolute Gasteiger partial charge is 0.307 e. The fourth-order valence-corrected chi connectivity index (χ4v) is 2.97. The Bertz CT molecular complexity index is 566. The van der Waals surface area contributed by atoms with Crippen molar-refractivity contribution in [3.05, 3.63) is 56.7 Å². The SMILES string of the molecule is O=C(O)Cc1ccc(CNCCc2ccc(Cl)s2)cc1. The van der Waals surface area contributed by atoms with Crippen LogP contribution in [0, 0.1) is 0 Å². The molecule has 0 aliphatic heterocycles. The average Bonchev–Trinajstić information content (AvgIpc) is 2.82. The monoisotopic (exact) mass is 309 g/mol. The Labute approximate surface area is 127 Å². The summed E-state index contributed by atoms with van der Waals surface area (Å²) < 4.78 is 0.828. The molecule has 1 heterocycles. The number of hydrogen-bond acceptors (Lipinski definition) is 3. The molecule has 106 valence electrons. The molecule has 1 aromatic carbocycles. The molecule has 0 spiro atoms. The van der Waals surface area contributed by atoms with Gasteiger partial charge in [0.1, 0.15) is 0 Å². The van der Waals surface area contributed by atoms with Gasteiger partial charge < -0.3 is 10.4 Å². The first-order valence-corrected chi connectivity index (χ1v) is 7.57. The molecule has 0 amide bonds. The summed E-state index contributed by atoms with van der Waals surface area (Å²) in [5.41, 5.74) is 1.98. The summed E-state index contributed by atoms with van der Waals surface area (Å²) in [7, 11) is 0. The molecule has 2 N–H and O–H groups in total. The number of carbonyl (C=O) groups is 1. The molecule has 0 aliphatic carbocycles. The van der Waals surface area contributed by atoms with Crippen molar-refractivity contribution in [2.45, 2.75) is 19.4 Å². The normalized spacial score (nSPS) is 10.7. The Kier molecular flexibility index (Phi) is 5.59. The molecule has 0 saturated heterocycles. The molecule has 0 aliphatic rings. The van der Waals surface area contributed by atoms with Crippen molar-refractivity contribution in [2.75, 3.05) is 6.54 Å². The van der Waals surface area contributed by atoms with Gasteiger partial charge in [-0.15, -0.1) is 11.3 Å². The van der Waals surface area contributed by atoms with Gasteiger partial charge in [-0.1, -0.05) is 35.9 Å². The lowest BCUT2D eigenvalue weighted by Gasteiger charge is -2.05. The van der Waals surface area contributed by atoms with Gasteiger partial charge >= 0.3 is 5.97 Å². The van der Waals surface area contributed by atoms with E-state index in [-0.39, 0.29) is 6.42 Å². The van der Waals surface area contributed by atoms with Crippen molar-refractivity contribution in [2.24, 2.45) is 0 Å². The van der Waals surface area contributed by atoms with Crippen molar-refractivity contribution in [1.82, 2.24) is 5.32 Å². The van der Waals surface area contributed by atoms with Crippen molar-refractivity contribution in [3.63, 3.8) is 0 Å². The second-order valence-corrected chi connectivity index (χ2v) is 6.32. The molecule has 0 radical (unpaired) electrons. The number of thiophene rings is 1. The average molecular weight is 310 g/mol. The zero-order chi connectivity index (χ0) is 14.4. The second kappa shape index (κ2) is 7.43. The third-order valence-corrected chi connectivity index (χ3v) is 4.18. The van der Waals surface area contributed by atoms with Crippen LogP contribution in [0.5, 0.6) is 0 Å². The molecule has 20 heavy (non-hydrogen) atoms. The minimum atomic E-state index is -0.800. The highest BCUT2D eigenvalue weighted by atomic mass is 35.5. The van der Waals surface area contributed by atoms with Crippen LogP contribution >= 0.6 is 22.9 Å². The molecule has 0 saturated carbocycles. The molecule has 5 heteroatoms. The Balaban J connectivity index is 1.72. The van der Waals surface area contributed by atoms with Gasteiger partial charge in [-0.05, 0) is 29.7 Å². The molecule has 0 fully saturated rings. The van der Waals surface area contributed by atoms with Crippen LogP contribution in [0.2, 0.25) is 4.34 Å². The molecule has 0 unspecified atom stereocenters. The van der Waals surface area contributed by atoms with E-state index >= 15 is 0 Å². The quantitative estimate of drug-likeness (QED) is 0.771. The van der Waals surface area contributed by atoms with Gasteiger partial charge in [-0.2, -0.15) is 0 Å². The Morgan fingerprint density at radius 2 is 1.85 bits per heavy atom. The van der Waals surface area contributed by atoms with E-state index in [0.717, 1.165) is 35.0 Å². The Morgan fingerprint density at radius 3 is 2.45 bits per heavy atom. The van der Waals surface area contributed by atoms with Crippen LogP contribution in [-0.4, -0.2) is 17.6 Å². The molecular weight excluding hydrogens is 294 g/mol. The summed E-state index contributed by atoms with van der Waals surface area (Å²) in [6, 6.07) is 11.6. The third kappa shape index (κ3) is 4.96. The first-order valence-electron chi connectivity index (χ1n) is 6.38. The second-order valence-electron chi connectivity index (χ2n) is 4.52. The molecule has 0 atom stereocenters. The van der Waals surface area contributed by atoms with Crippen molar-refractivity contribution in [3.8, 4) is 0 Å². The van der Waals surface area contributed by atoms with Crippen LogP contribution in [0.4, 0.5) is 0 Å². The summed E-state index contributed by atoms with van der Waals surface area (Å²) >= 11 is 7.49. The predicted molar refractivity (Wildman–Crippen MR) is 82.5 cm³/mol. The Hall–Kier alpha value is -1.36. The highest BCUT2D eigenvalue weighted by Crippen LogP contribution is 2.21. The van der Waals surface area contributed by atoms with Gasteiger partial charge in [-0.25, -0.2) is 0 Å². The van der Waals surface area contributed by atoms with Gasteiger partial charge in [-0.3, -0.25) is 4.79 Å². The standard InChI is InChI=1S/C15H16ClNO2S/c16-14-6-5-13(20-14)7-8-17-10-12-3-1-11(2-4-12)9-15(18)19/h1-6,17H,7-10H2,(H,18,19). The topological polar surface area (TPSA) is 49.3 Å². The van der Waals surface area contributed by atoms with E-state index < -0.39 is 5.97 Å². The largest absolute Gasteiger partial charge is 0.481 e. The molecule has 2 rings (SSSR count). The number of halogens is 1. The van der Waals surface area contributed by atoms with Crippen LogP contribution < -0.4 is 5.32 Å². The number of benzene rings is 1. The lowest BCUT2D eigenvalue weighted by molar-refractivity contribution is -0.136. The number of rotatable bonds is 7. The minimum absolute atomic E-state index is 0.0762. The van der Waals surface area contributed by atoms with Crippen molar-refractivity contribution >= 4 is 28.9 Å². The summed E-state index contributed by atoms with van der Waals surface area (Å²) in [6.07, 6.45) is 1.04. The number of carboxylic acid groups (broad SMARTS) is 1. The zero-order valence-corrected chi connectivity index (χ0v) is 12.5. The zero-order valence-electron chi connectivity index (χ0n) is 10.9. The van der Waals surface area contributed by atoms with Crippen molar-refractivity contribution in [1.29, 1.82) is 0 Å². The first kappa shape index (κ1) is 15.0. The van der Waals surface area contributed by atoms with Gasteiger partial charge in [0.05, 0.1) is 10.8 Å². The van der Waals surface area contributed by atoms with E-state index in [0.29, 0.717) is 0 Å². The van der Waals surface area contributed by atoms with E-state index in [4.69, 9.17) is 16.7 Å². The third-order valence-electron chi connectivity index (χ3n) is 2.88. The van der Waals surface area contributed by atoms with Crippen LogP contribution in [0.15, 0.2) is 36.4 Å². The number of nitrogens with one attached hydrogen (secondary N) is 1. The van der Waals surface area contributed by atoms with E-state index in [1.165, 1.54) is 4.88 Å². The maximum Gasteiger partial charge on any atom is 0.307 e. The lowest BCUT2D eigenvalue weighted by atomic mass is 10.1.